The van der Waals surface area contributed by atoms with Gasteiger partial charge in [-0.25, -0.2) is 9.97 Å². The molecule has 2 aliphatic rings. The summed E-state index contributed by atoms with van der Waals surface area (Å²) in [6, 6.07) is 2.90. The Labute approximate surface area is 120 Å². The van der Waals surface area contributed by atoms with Crippen molar-refractivity contribution in [2.75, 3.05) is 25.0 Å². The number of likely N-dealkylation sites (tertiary alicyclic amines) is 1. The maximum Gasteiger partial charge on any atom is 0.182 e. The van der Waals surface area contributed by atoms with Crippen molar-refractivity contribution in [3.8, 4) is 6.07 Å². The highest BCUT2D eigenvalue weighted by atomic mass is 15.2. The monoisotopic (exact) mass is 271 g/mol. The molecule has 1 atom stereocenters. The van der Waals surface area contributed by atoms with Crippen molar-refractivity contribution in [2.45, 2.75) is 38.1 Å². The molecule has 1 unspecified atom stereocenters. The average Bonchev–Trinajstić information content (AvgIpc) is 3.16. The molecule has 0 aromatic carbocycles. The van der Waals surface area contributed by atoms with E-state index in [0.29, 0.717) is 17.4 Å². The maximum atomic E-state index is 9.00. The van der Waals surface area contributed by atoms with Crippen molar-refractivity contribution in [3.05, 3.63) is 18.1 Å². The molecule has 0 spiro atoms. The van der Waals surface area contributed by atoms with Gasteiger partial charge in [0.15, 0.2) is 11.5 Å². The molecule has 106 valence electrons. The van der Waals surface area contributed by atoms with Crippen LogP contribution in [-0.2, 0) is 0 Å². The zero-order valence-corrected chi connectivity index (χ0v) is 11.8. The Hall–Kier alpha value is -1.67. The minimum absolute atomic E-state index is 0.387. The van der Waals surface area contributed by atoms with Gasteiger partial charge in [-0.05, 0) is 31.7 Å². The second-order valence-corrected chi connectivity index (χ2v) is 5.83. The van der Waals surface area contributed by atoms with Crippen LogP contribution in [0.25, 0.3) is 0 Å². The van der Waals surface area contributed by atoms with Crippen LogP contribution in [0.2, 0.25) is 0 Å². The first kappa shape index (κ1) is 13.3. The van der Waals surface area contributed by atoms with Crippen molar-refractivity contribution in [2.24, 2.45) is 5.92 Å². The fourth-order valence-electron chi connectivity index (χ4n) is 3.42. The highest BCUT2D eigenvalue weighted by molar-refractivity contribution is 5.46. The fourth-order valence-corrected chi connectivity index (χ4v) is 3.42. The average molecular weight is 271 g/mol. The third kappa shape index (κ3) is 2.91. The van der Waals surface area contributed by atoms with E-state index >= 15 is 0 Å². The molecule has 1 aliphatic carbocycles. The predicted molar refractivity (Wildman–Crippen MR) is 77.2 cm³/mol. The van der Waals surface area contributed by atoms with Crippen LogP contribution < -0.4 is 5.32 Å². The topological polar surface area (TPSA) is 64.8 Å². The molecule has 1 aromatic heterocycles. The number of nitrogens with zero attached hydrogens (tertiary/aromatic N) is 4. The molecule has 20 heavy (non-hydrogen) atoms. The minimum atomic E-state index is 0.387. The standard InChI is InChI=1S/C15H21N5/c16-9-14-15(18-7-6-17-14)19-10-12-5-8-20(11-12)13-3-1-2-4-13/h6-7,12-13H,1-5,8,10-11H2,(H,18,19). The smallest absolute Gasteiger partial charge is 0.182 e. The number of anilines is 1. The SMILES string of the molecule is N#Cc1nccnc1NCC1CCN(C2CCCC2)C1. The van der Waals surface area contributed by atoms with E-state index in [1.165, 1.54) is 45.2 Å². The Bertz CT molecular complexity index is 489. The van der Waals surface area contributed by atoms with E-state index < -0.39 is 0 Å². The molecular formula is C15H21N5. The fraction of sp³-hybridized carbons (Fsp3) is 0.667. The Balaban J connectivity index is 1.51. The quantitative estimate of drug-likeness (QED) is 0.907. The number of hydrogen-bond donors (Lipinski definition) is 1. The van der Waals surface area contributed by atoms with Crippen molar-refractivity contribution < 1.29 is 0 Å². The van der Waals surface area contributed by atoms with Gasteiger partial charge in [-0.2, -0.15) is 5.26 Å². The largest absolute Gasteiger partial charge is 0.367 e. The molecule has 3 rings (SSSR count). The Morgan fingerprint density at radius 2 is 2.05 bits per heavy atom. The summed E-state index contributed by atoms with van der Waals surface area (Å²) >= 11 is 0. The van der Waals surface area contributed by atoms with Gasteiger partial charge < -0.3 is 10.2 Å². The summed E-state index contributed by atoms with van der Waals surface area (Å²) < 4.78 is 0. The lowest BCUT2D eigenvalue weighted by molar-refractivity contribution is 0.238. The summed E-state index contributed by atoms with van der Waals surface area (Å²) in [6.45, 7) is 3.29. The van der Waals surface area contributed by atoms with Crippen LogP contribution in [0.1, 0.15) is 37.8 Å². The van der Waals surface area contributed by atoms with Gasteiger partial charge in [-0.1, -0.05) is 12.8 Å². The van der Waals surface area contributed by atoms with E-state index in [0.717, 1.165) is 12.6 Å². The zero-order chi connectivity index (χ0) is 13.8. The van der Waals surface area contributed by atoms with Gasteiger partial charge in [0.05, 0.1) is 0 Å². The maximum absolute atomic E-state index is 9.00. The summed E-state index contributed by atoms with van der Waals surface area (Å²) in [6.07, 6.45) is 9.98. The lowest BCUT2D eigenvalue weighted by Gasteiger charge is -2.23. The second kappa shape index (κ2) is 6.19. The first-order valence-corrected chi connectivity index (χ1v) is 7.56. The molecule has 1 saturated carbocycles. The summed E-state index contributed by atoms with van der Waals surface area (Å²) in [7, 11) is 0. The van der Waals surface area contributed by atoms with E-state index in [2.05, 4.69) is 26.3 Å². The second-order valence-electron chi connectivity index (χ2n) is 5.83. The number of rotatable bonds is 4. The van der Waals surface area contributed by atoms with Gasteiger partial charge in [-0.3, -0.25) is 0 Å². The van der Waals surface area contributed by atoms with Gasteiger partial charge in [-0.15, -0.1) is 0 Å². The van der Waals surface area contributed by atoms with Crippen LogP contribution in [0.3, 0.4) is 0 Å². The van der Waals surface area contributed by atoms with E-state index in [-0.39, 0.29) is 0 Å². The van der Waals surface area contributed by atoms with Crippen LogP contribution in [0, 0.1) is 17.2 Å². The molecule has 1 aromatic rings. The molecule has 1 saturated heterocycles. The molecule has 5 nitrogen and oxygen atoms in total. The normalized spacial score (nSPS) is 23.9. The highest BCUT2D eigenvalue weighted by Crippen LogP contribution is 2.28. The Kier molecular flexibility index (Phi) is 4.12. The van der Waals surface area contributed by atoms with E-state index in [1.807, 2.05) is 0 Å². The van der Waals surface area contributed by atoms with Crippen LogP contribution in [0.15, 0.2) is 12.4 Å². The molecular weight excluding hydrogens is 250 g/mol. The van der Waals surface area contributed by atoms with Gasteiger partial charge in [0.25, 0.3) is 0 Å². The predicted octanol–water partition coefficient (Wildman–Crippen LogP) is 2.02. The number of nitrogens with one attached hydrogen (secondary N) is 1. The lowest BCUT2D eigenvalue weighted by atomic mass is 10.1. The van der Waals surface area contributed by atoms with E-state index in [9.17, 15) is 0 Å². The van der Waals surface area contributed by atoms with Gasteiger partial charge in [0.1, 0.15) is 6.07 Å². The number of hydrogen-bond acceptors (Lipinski definition) is 5. The Morgan fingerprint density at radius 3 is 2.85 bits per heavy atom. The van der Waals surface area contributed by atoms with Crippen molar-refractivity contribution >= 4 is 5.82 Å². The van der Waals surface area contributed by atoms with Crippen molar-refractivity contribution in [1.82, 2.24) is 14.9 Å². The molecule has 1 aliphatic heterocycles. The van der Waals surface area contributed by atoms with Gasteiger partial charge >= 0.3 is 0 Å². The van der Waals surface area contributed by atoms with Crippen molar-refractivity contribution in [1.29, 1.82) is 5.26 Å². The summed E-state index contributed by atoms with van der Waals surface area (Å²) in [4.78, 5) is 10.9. The summed E-state index contributed by atoms with van der Waals surface area (Å²) in [5, 5.41) is 12.3. The molecule has 2 heterocycles. The first-order chi connectivity index (χ1) is 9.86. The molecule has 0 amide bonds. The van der Waals surface area contributed by atoms with Crippen LogP contribution in [-0.4, -0.2) is 40.5 Å². The van der Waals surface area contributed by atoms with E-state index in [4.69, 9.17) is 5.26 Å². The van der Waals surface area contributed by atoms with Crippen molar-refractivity contribution in [3.63, 3.8) is 0 Å². The van der Waals surface area contributed by atoms with Crippen LogP contribution >= 0.6 is 0 Å². The van der Waals surface area contributed by atoms with Crippen LogP contribution in [0.5, 0.6) is 0 Å². The molecule has 0 bridgehead atoms. The lowest BCUT2D eigenvalue weighted by Crippen LogP contribution is -2.31. The molecule has 5 heteroatoms. The first-order valence-electron chi connectivity index (χ1n) is 7.56. The molecule has 1 N–H and O–H groups in total. The van der Waals surface area contributed by atoms with Gasteiger partial charge in [0, 0.05) is 31.5 Å². The highest BCUT2D eigenvalue weighted by Gasteiger charge is 2.29. The minimum Gasteiger partial charge on any atom is -0.367 e. The van der Waals surface area contributed by atoms with Crippen LogP contribution in [0.4, 0.5) is 5.82 Å². The summed E-state index contributed by atoms with van der Waals surface area (Å²) in [5.74, 6) is 1.28. The number of aromatic nitrogens is 2. The summed E-state index contributed by atoms with van der Waals surface area (Å²) in [5.41, 5.74) is 0.387. The third-order valence-electron chi connectivity index (χ3n) is 4.52. The molecule has 2 fully saturated rings. The Morgan fingerprint density at radius 1 is 1.25 bits per heavy atom. The van der Waals surface area contributed by atoms with E-state index in [1.54, 1.807) is 12.4 Å². The third-order valence-corrected chi connectivity index (χ3v) is 4.52. The van der Waals surface area contributed by atoms with Gasteiger partial charge in [0.2, 0.25) is 0 Å². The molecule has 0 radical (unpaired) electrons. The zero-order valence-electron chi connectivity index (χ0n) is 11.8. The number of nitriles is 1.